The molecule has 7 heteroatoms. The molecule has 1 aromatic heterocycles. The van der Waals surface area contributed by atoms with Gasteiger partial charge in [-0.2, -0.15) is 0 Å². The highest BCUT2D eigenvalue weighted by atomic mass is 16.5. The van der Waals surface area contributed by atoms with Gasteiger partial charge in [0.15, 0.2) is 17.3 Å². The Balaban J connectivity index is 1.67. The fraction of sp³-hybridized carbons (Fsp3) is 0.423. The number of Topliss-reactive ketones (excluding diaryl/α,β-unsaturated/α-hetero) is 1. The molecule has 2 aromatic carbocycles. The summed E-state index contributed by atoms with van der Waals surface area (Å²) < 4.78 is 18.8. The Morgan fingerprint density at radius 1 is 1.03 bits per heavy atom. The zero-order valence-electron chi connectivity index (χ0n) is 19.8. The van der Waals surface area contributed by atoms with Crippen LogP contribution in [0, 0.1) is 6.92 Å². The van der Waals surface area contributed by atoms with E-state index >= 15 is 0 Å². The first-order valence-electron chi connectivity index (χ1n) is 11.3. The SMILES string of the molecule is COc1cc2c(C(C)=O)c(C)n(-c3ccc(N4CCC(OCCO)CC4)cc3)c2cc1OC. The molecule has 0 bridgehead atoms. The van der Waals surface area contributed by atoms with Crippen molar-refractivity contribution in [1.82, 2.24) is 4.57 Å². The Hall–Kier alpha value is -3.03. The van der Waals surface area contributed by atoms with E-state index in [1.54, 1.807) is 21.1 Å². The number of benzene rings is 2. The fourth-order valence-electron chi connectivity index (χ4n) is 4.83. The lowest BCUT2D eigenvalue weighted by Gasteiger charge is -2.33. The van der Waals surface area contributed by atoms with Crippen LogP contribution < -0.4 is 14.4 Å². The molecule has 0 aliphatic carbocycles. The minimum Gasteiger partial charge on any atom is -0.493 e. The molecule has 1 aliphatic heterocycles. The van der Waals surface area contributed by atoms with Gasteiger partial charge in [0.2, 0.25) is 0 Å². The first-order chi connectivity index (χ1) is 16.0. The average molecular weight is 453 g/mol. The van der Waals surface area contributed by atoms with Crippen LogP contribution in [0.4, 0.5) is 5.69 Å². The van der Waals surface area contributed by atoms with Crippen molar-refractivity contribution < 1.29 is 24.1 Å². The molecule has 0 saturated carbocycles. The molecular formula is C26H32N2O5. The highest BCUT2D eigenvalue weighted by Crippen LogP contribution is 2.38. The van der Waals surface area contributed by atoms with Gasteiger partial charge in [0.05, 0.1) is 39.1 Å². The quantitative estimate of drug-likeness (QED) is 0.518. The molecule has 7 nitrogen and oxygen atoms in total. The number of aliphatic hydroxyl groups is 1. The number of aromatic nitrogens is 1. The third kappa shape index (κ3) is 4.43. The second-order valence-corrected chi connectivity index (χ2v) is 8.37. The summed E-state index contributed by atoms with van der Waals surface area (Å²) in [4.78, 5) is 14.9. The molecule has 0 atom stereocenters. The van der Waals surface area contributed by atoms with Crippen molar-refractivity contribution >= 4 is 22.4 Å². The molecule has 2 heterocycles. The number of nitrogens with zero attached hydrogens (tertiary/aromatic N) is 2. The first-order valence-corrected chi connectivity index (χ1v) is 11.3. The highest BCUT2D eigenvalue weighted by Gasteiger charge is 2.22. The number of ether oxygens (including phenoxy) is 3. The predicted molar refractivity (Wildman–Crippen MR) is 129 cm³/mol. The fourth-order valence-corrected chi connectivity index (χ4v) is 4.83. The van der Waals surface area contributed by atoms with Crippen molar-refractivity contribution in [2.45, 2.75) is 32.8 Å². The number of rotatable bonds is 8. The van der Waals surface area contributed by atoms with Crippen LogP contribution in [0.5, 0.6) is 11.5 Å². The van der Waals surface area contributed by atoms with E-state index in [0.29, 0.717) is 23.7 Å². The van der Waals surface area contributed by atoms with E-state index in [0.717, 1.165) is 48.2 Å². The third-order valence-electron chi connectivity index (χ3n) is 6.42. The summed E-state index contributed by atoms with van der Waals surface area (Å²) in [6.07, 6.45) is 2.12. The van der Waals surface area contributed by atoms with Gasteiger partial charge in [-0.15, -0.1) is 0 Å². The first kappa shape index (κ1) is 23.1. The van der Waals surface area contributed by atoms with Gasteiger partial charge in [-0.1, -0.05) is 0 Å². The van der Waals surface area contributed by atoms with Crippen LogP contribution >= 0.6 is 0 Å². The average Bonchev–Trinajstić information content (AvgIpc) is 3.13. The molecule has 0 unspecified atom stereocenters. The Kier molecular flexibility index (Phi) is 6.91. The number of carbonyl (C=O) groups excluding carboxylic acids is 1. The lowest BCUT2D eigenvalue weighted by Crippen LogP contribution is -2.37. The Bertz CT molecular complexity index is 1130. The molecule has 1 N–H and O–H groups in total. The Morgan fingerprint density at radius 3 is 2.21 bits per heavy atom. The van der Waals surface area contributed by atoms with E-state index in [9.17, 15) is 4.79 Å². The number of aliphatic hydroxyl groups excluding tert-OH is 1. The maximum Gasteiger partial charge on any atom is 0.162 e. The van der Waals surface area contributed by atoms with Gasteiger partial charge >= 0.3 is 0 Å². The molecule has 0 spiro atoms. The summed E-state index contributed by atoms with van der Waals surface area (Å²) in [5.74, 6) is 1.25. The van der Waals surface area contributed by atoms with Crippen LogP contribution in [-0.4, -0.2) is 62.1 Å². The molecule has 0 amide bonds. The normalized spacial score (nSPS) is 14.6. The van der Waals surface area contributed by atoms with Crippen LogP contribution in [-0.2, 0) is 4.74 Å². The van der Waals surface area contributed by atoms with Crippen molar-refractivity contribution in [2.75, 3.05) is 45.4 Å². The molecule has 176 valence electrons. The zero-order valence-corrected chi connectivity index (χ0v) is 19.8. The molecule has 1 fully saturated rings. The Labute approximate surface area is 194 Å². The number of hydrogen-bond donors (Lipinski definition) is 1. The van der Waals surface area contributed by atoms with E-state index < -0.39 is 0 Å². The number of fused-ring (bicyclic) bond motifs is 1. The lowest BCUT2D eigenvalue weighted by molar-refractivity contribution is 0.0159. The number of hydrogen-bond acceptors (Lipinski definition) is 6. The number of methoxy groups -OCH3 is 2. The van der Waals surface area contributed by atoms with Gasteiger partial charge in [-0.25, -0.2) is 0 Å². The van der Waals surface area contributed by atoms with E-state index in [2.05, 4.69) is 33.7 Å². The van der Waals surface area contributed by atoms with Crippen molar-refractivity contribution in [1.29, 1.82) is 0 Å². The standard InChI is InChI=1S/C26H32N2O5/c1-17-26(18(2)30)22-15-24(31-3)25(32-4)16-23(22)28(17)20-7-5-19(6-8-20)27-11-9-21(10-12-27)33-14-13-29/h5-8,15-16,21,29H,9-14H2,1-4H3. The smallest absolute Gasteiger partial charge is 0.162 e. The minimum atomic E-state index is 0.0198. The predicted octanol–water partition coefficient (Wildman–Crippen LogP) is 4.14. The lowest BCUT2D eigenvalue weighted by atomic mass is 10.1. The second-order valence-electron chi connectivity index (χ2n) is 8.37. The van der Waals surface area contributed by atoms with E-state index in [-0.39, 0.29) is 18.5 Å². The van der Waals surface area contributed by atoms with Crippen molar-refractivity contribution in [3.05, 3.63) is 47.7 Å². The van der Waals surface area contributed by atoms with E-state index in [1.165, 1.54) is 5.69 Å². The van der Waals surface area contributed by atoms with Crippen molar-refractivity contribution in [3.8, 4) is 17.2 Å². The molecular weight excluding hydrogens is 420 g/mol. The molecule has 1 saturated heterocycles. The van der Waals surface area contributed by atoms with Gasteiger partial charge in [-0.3, -0.25) is 4.79 Å². The molecule has 1 aliphatic rings. The maximum atomic E-state index is 12.5. The summed E-state index contributed by atoms with van der Waals surface area (Å²) in [5, 5.41) is 9.80. The van der Waals surface area contributed by atoms with E-state index in [1.807, 2.05) is 19.1 Å². The van der Waals surface area contributed by atoms with Gasteiger partial charge in [0.1, 0.15) is 0 Å². The van der Waals surface area contributed by atoms with Gasteiger partial charge in [0, 0.05) is 47.2 Å². The summed E-state index contributed by atoms with van der Waals surface area (Å²) in [7, 11) is 3.21. The second kappa shape index (κ2) is 9.85. The summed E-state index contributed by atoms with van der Waals surface area (Å²) in [6.45, 7) is 5.89. The number of ketones is 1. The largest absolute Gasteiger partial charge is 0.493 e. The van der Waals surface area contributed by atoms with Crippen molar-refractivity contribution in [2.24, 2.45) is 0 Å². The van der Waals surface area contributed by atoms with Crippen LogP contribution in [0.1, 0.15) is 35.8 Å². The monoisotopic (exact) mass is 452 g/mol. The Morgan fingerprint density at radius 2 is 1.64 bits per heavy atom. The highest BCUT2D eigenvalue weighted by molar-refractivity contribution is 6.09. The van der Waals surface area contributed by atoms with Crippen LogP contribution in [0.25, 0.3) is 16.6 Å². The number of carbonyl (C=O) groups is 1. The molecule has 3 aromatic rings. The van der Waals surface area contributed by atoms with Crippen LogP contribution in [0.2, 0.25) is 0 Å². The van der Waals surface area contributed by atoms with Gasteiger partial charge in [0.25, 0.3) is 0 Å². The van der Waals surface area contributed by atoms with Crippen LogP contribution in [0.15, 0.2) is 36.4 Å². The summed E-state index contributed by atoms with van der Waals surface area (Å²) in [6, 6.07) is 12.3. The summed E-state index contributed by atoms with van der Waals surface area (Å²) in [5.41, 5.74) is 4.65. The van der Waals surface area contributed by atoms with Crippen molar-refractivity contribution in [3.63, 3.8) is 0 Å². The van der Waals surface area contributed by atoms with E-state index in [4.69, 9.17) is 19.3 Å². The minimum absolute atomic E-state index is 0.0198. The molecule has 33 heavy (non-hydrogen) atoms. The third-order valence-corrected chi connectivity index (χ3v) is 6.42. The summed E-state index contributed by atoms with van der Waals surface area (Å²) >= 11 is 0. The molecule has 0 radical (unpaired) electrons. The van der Waals surface area contributed by atoms with Gasteiger partial charge < -0.3 is 28.8 Å². The number of anilines is 1. The van der Waals surface area contributed by atoms with Crippen LogP contribution in [0.3, 0.4) is 0 Å². The maximum absolute atomic E-state index is 12.5. The zero-order chi connectivity index (χ0) is 23.5. The molecule has 4 rings (SSSR count). The topological polar surface area (TPSA) is 73.2 Å². The van der Waals surface area contributed by atoms with Gasteiger partial charge in [-0.05, 0) is 57.0 Å². The number of piperidine rings is 1.